The van der Waals surface area contributed by atoms with E-state index in [2.05, 4.69) is 22.6 Å². The molecule has 0 bridgehead atoms. The summed E-state index contributed by atoms with van der Waals surface area (Å²) < 4.78 is 0. The van der Waals surface area contributed by atoms with E-state index in [4.69, 9.17) is 11.0 Å². The van der Waals surface area contributed by atoms with E-state index in [1.54, 1.807) is 12.3 Å². The van der Waals surface area contributed by atoms with Crippen molar-refractivity contribution in [1.82, 2.24) is 4.98 Å². The summed E-state index contributed by atoms with van der Waals surface area (Å²) in [6.07, 6.45) is 7.37. The van der Waals surface area contributed by atoms with Crippen LogP contribution in [0.2, 0.25) is 0 Å². The van der Waals surface area contributed by atoms with Crippen LogP contribution in [0.15, 0.2) is 12.3 Å². The number of aromatic nitrogens is 1. The van der Waals surface area contributed by atoms with Gasteiger partial charge >= 0.3 is 0 Å². The molecule has 0 aromatic carbocycles. The lowest BCUT2D eigenvalue weighted by molar-refractivity contribution is 0.764. The van der Waals surface area contributed by atoms with E-state index in [9.17, 15) is 0 Å². The lowest BCUT2D eigenvalue weighted by Crippen LogP contribution is -2.26. The Morgan fingerprint density at radius 1 is 1.59 bits per heavy atom. The van der Waals surface area contributed by atoms with Gasteiger partial charge in [-0.05, 0) is 25.2 Å². The minimum absolute atomic E-state index is 0.411. The first-order valence-corrected chi connectivity index (χ1v) is 6.99. The molecule has 1 aromatic rings. The van der Waals surface area contributed by atoms with Crippen molar-refractivity contribution >= 4 is 23.3 Å². The van der Waals surface area contributed by atoms with E-state index >= 15 is 0 Å². The first-order valence-electron chi connectivity index (χ1n) is 5.70. The quantitative estimate of drug-likeness (QED) is 0.858. The zero-order chi connectivity index (χ0) is 12.3. The van der Waals surface area contributed by atoms with Crippen molar-refractivity contribution in [2.75, 3.05) is 17.3 Å². The molecule has 1 aliphatic rings. The Labute approximate surface area is 106 Å². The second-order valence-electron chi connectivity index (χ2n) is 4.19. The van der Waals surface area contributed by atoms with Gasteiger partial charge in [-0.15, -0.1) is 0 Å². The average molecular weight is 248 g/mol. The van der Waals surface area contributed by atoms with E-state index in [0.717, 1.165) is 6.42 Å². The lowest BCUT2D eigenvalue weighted by atomic mass is 10.2. The minimum atomic E-state index is 0.411. The number of nitrogens with two attached hydrogens (primary N) is 1. The van der Waals surface area contributed by atoms with E-state index in [0.29, 0.717) is 28.4 Å². The molecule has 17 heavy (non-hydrogen) atoms. The summed E-state index contributed by atoms with van der Waals surface area (Å²) >= 11 is 1.88. The molecule has 1 heterocycles. The molecule has 1 saturated carbocycles. The smallest absolute Gasteiger partial charge is 0.150 e. The number of nitrogens with one attached hydrogen (secondary N) is 1. The molecule has 3 N–H and O–H groups in total. The van der Waals surface area contributed by atoms with Crippen molar-refractivity contribution < 1.29 is 0 Å². The van der Waals surface area contributed by atoms with Gasteiger partial charge in [0.1, 0.15) is 6.07 Å². The topological polar surface area (TPSA) is 74.7 Å². The molecule has 0 amide bonds. The van der Waals surface area contributed by atoms with Crippen molar-refractivity contribution in [3.63, 3.8) is 0 Å². The summed E-state index contributed by atoms with van der Waals surface area (Å²) in [7, 11) is 0. The molecule has 1 aromatic heterocycles. The zero-order valence-electron chi connectivity index (χ0n) is 9.81. The minimum Gasteiger partial charge on any atom is -0.395 e. The molecule has 4 nitrogen and oxygen atoms in total. The summed E-state index contributed by atoms with van der Waals surface area (Å²) in [6, 6.07) is 4.13. The highest BCUT2D eigenvalue weighted by Crippen LogP contribution is 2.31. The molecule has 1 fully saturated rings. The maximum absolute atomic E-state index is 8.91. The van der Waals surface area contributed by atoms with Crippen LogP contribution in [0.3, 0.4) is 0 Å². The summed E-state index contributed by atoms with van der Waals surface area (Å²) in [4.78, 5) is 4.22. The maximum Gasteiger partial charge on any atom is 0.150 e. The van der Waals surface area contributed by atoms with E-state index in [1.165, 1.54) is 12.8 Å². The van der Waals surface area contributed by atoms with Gasteiger partial charge in [0.2, 0.25) is 0 Å². The highest BCUT2D eigenvalue weighted by molar-refractivity contribution is 7.99. The Hall–Kier alpha value is -1.41. The summed E-state index contributed by atoms with van der Waals surface area (Å²) in [5.74, 6) is 0.648. The molecule has 0 spiro atoms. The second kappa shape index (κ2) is 5.28. The number of anilines is 2. The largest absolute Gasteiger partial charge is 0.395 e. The van der Waals surface area contributed by atoms with Crippen molar-refractivity contribution in [1.29, 1.82) is 5.26 Å². The first kappa shape index (κ1) is 12.1. The Bertz CT molecular complexity index is 441. The highest BCUT2D eigenvalue weighted by Gasteiger charge is 2.27. The van der Waals surface area contributed by atoms with Crippen LogP contribution in [0.1, 0.15) is 24.8 Å². The van der Waals surface area contributed by atoms with Gasteiger partial charge in [0.15, 0.2) is 5.82 Å². The van der Waals surface area contributed by atoms with Crippen molar-refractivity contribution in [2.24, 2.45) is 0 Å². The lowest BCUT2D eigenvalue weighted by Gasteiger charge is -2.20. The van der Waals surface area contributed by atoms with Gasteiger partial charge in [-0.1, -0.05) is 6.42 Å². The average Bonchev–Trinajstić information content (AvgIpc) is 2.79. The highest BCUT2D eigenvalue weighted by atomic mass is 32.2. The summed E-state index contributed by atoms with van der Waals surface area (Å²) in [5, 5.41) is 12.9. The second-order valence-corrected chi connectivity index (χ2v) is 5.27. The van der Waals surface area contributed by atoms with Gasteiger partial charge in [-0.3, -0.25) is 0 Å². The number of pyridine rings is 1. The molecule has 2 rings (SSSR count). The van der Waals surface area contributed by atoms with Crippen LogP contribution in [0.4, 0.5) is 11.5 Å². The number of nitrogen functional groups attached to an aromatic ring is 1. The molecule has 90 valence electrons. The Morgan fingerprint density at radius 3 is 3.12 bits per heavy atom. The van der Waals surface area contributed by atoms with E-state index < -0.39 is 0 Å². The molecule has 0 aliphatic heterocycles. The Balaban J connectivity index is 2.16. The van der Waals surface area contributed by atoms with Crippen molar-refractivity contribution in [2.45, 2.75) is 30.6 Å². The molecule has 1 aliphatic carbocycles. The third-order valence-corrected chi connectivity index (χ3v) is 4.36. The predicted octanol–water partition coefficient (Wildman–Crippen LogP) is 2.23. The normalized spacial score (nSPS) is 23.3. The number of hydrogen-bond donors (Lipinski definition) is 2. The number of hydrogen-bond acceptors (Lipinski definition) is 5. The van der Waals surface area contributed by atoms with Gasteiger partial charge in [0.05, 0.1) is 11.3 Å². The SMILES string of the molecule is CSC1CCCC1Nc1nccc(C#N)c1N. The van der Waals surface area contributed by atoms with Crippen LogP contribution >= 0.6 is 11.8 Å². The van der Waals surface area contributed by atoms with E-state index in [-0.39, 0.29) is 0 Å². The van der Waals surface area contributed by atoms with Crippen LogP contribution in [0, 0.1) is 11.3 Å². The fourth-order valence-corrected chi connectivity index (χ4v) is 3.17. The third-order valence-electron chi connectivity index (χ3n) is 3.19. The van der Waals surface area contributed by atoms with Crippen LogP contribution in [0.5, 0.6) is 0 Å². The maximum atomic E-state index is 8.91. The van der Waals surface area contributed by atoms with Gasteiger partial charge in [0, 0.05) is 17.5 Å². The number of nitrogens with zero attached hydrogens (tertiary/aromatic N) is 2. The number of nitriles is 1. The molecular formula is C12H16N4S. The Kier molecular flexibility index (Phi) is 3.75. The number of rotatable bonds is 3. The van der Waals surface area contributed by atoms with Crippen LogP contribution < -0.4 is 11.1 Å². The van der Waals surface area contributed by atoms with Crippen LogP contribution in [-0.4, -0.2) is 22.5 Å². The fourth-order valence-electron chi connectivity index (χ4n) is 2.23. The van der Waals surface area contributed by atoms with Crippen LogP contribution in [-0.2, 0) is 0 Å². The van der Waals surface area contributed by atoms with E-state index in [1.807, 2.05) is 11.8 Å². The summed E-state index contributed by atoms with van der Waals surface area (Å²) in [6.45, 7) is 0. The van der Waals surface area contributed by atoms with Gasteiger partial charge in [-0.2, -0.15) is 17.0 Å². The Morgan fingerprint density at radius 2 is 2.41 bits per heavy atom. The first-order chi connectivity index (χ1) is 8.26. The molecule has 0 radical (unpaired) electrons. The van der Waals surface area contributed by atoms with Crippen molar-refractivity contribution in [3.8, 4) is 6.07 Å². The molecular weight excluding hydrogens is 232 g/mol. The fraction of sp³-hybridized carbons (Fsp3) is 0.500. The molecule has 5 heteroatoms. The van der Waals surface area contributed by atoms with Gasteiger partial charge in [0.25, 0.3) is 0 Å². The molecule has 0 saturated heterocycles. The monoisotopic (exact) mass is 248 g/mol. The summed E-state index contributed by atoms with van der Waals surface area (Å²) in [5.41, 5.74) is 6.85. The van der Waals surface area contributed by atoms with Gasteiger partial charge < -0.3 is 11.1 Å². The number of thioether (sulfide) groups is 1. The van der Waals surface area contributed by atoms with Gasteiger partial charge in [-0.25, -0.2) is 4.98 Å². The predicted molar refractivity (Wildman–Crippen MR) is 71.9 cm³/mol. The standard InChI is InChI=1S/C12H16N4S/c1-17-10-4-2-3-9(10)16-12-11(14)8(7-13)5-6-15-12/h5-6,9-10H,2-4,14H2,1H3,(H,15,16). The third kappa shape index (κ3) is 2.47. The molecule has 2 unspecified atom stereocenters. The van der Waals surface area contributed by atoms with Crippen LogP contribution in [0.25, 0.3) is 0 Å². The molecule has 2 atom stereocenters. The van der Waals surface area contributed by atoms with Crippen molar-refractivity contribution in [3.05, 3.63) is 17.8 Å². The zero-order valence-corrected chi connectivity index (χ0v) is 10.6.